The van der Waals surface area contributed by atoms with Gasteiger partial charge in [-0.05, 0) is 65.1 Å². The quantitative estimate of drug-likeness (QED) is 0.469. The fourth-order valence-electron chi connectivity index (χ4n) is 2.45. The molecule has 0 saturated carbocycles. The number of benzene rings is 1. The molecule has 0 atom stereocenters. The molecule has 0 saturated heterocycles. The van der Waals surface area contributed by atoms with E-state index in [1.807, 2.05) is 33.8 Å². The molecule has 0 heterocycles. The van der Waals surface area contributed by atoms with Gasteiger partial charge in [-0.3, -0.25) is 4.79 Å². The molecular formula is C20H33ClN2O4. The lowest BCUT2D eigenvalue weighted by molar-refractivity contribution is -0.124. The lowest BCUT2D eigenvalue weighted by Crippen LogP contribution is -2.43. The molecule has 0 bridgehead atoms. The first-order valence-electron chi connectivity index (χ1n) is 9.47. The number of aliphatic hydroxyl groups is 1. The van der Waals surface area contributed by atoms with Gasteiger partial charge in [0.05, 0.1) is 6.61 Å². The van der Waals surface area contributed by atoms with Crippen molar-refractivity contribution in [3.63, 3.8) is 0 Å². The summed E-state index contributed by atoms with van der Waals surface area (Å²) in [6.07, 6.45) is 2.82. The van der Waals surface area contributed by atoms with E-state index in [0.717, 1.165) is 31.4 Å². The molecule has 3 N–H and O–H groups in total. The molecular weight excluding hydrogens is 368 g/mol. The van der Waals surface area contributed by atoms with Gasteiger partial charge in [0.25, 0.3) is 5.91 Å². The maximum Gasteiger partial charge on any atom is 0.258 e. The zero-order valence-electron chi connectivity index (χ0n) is 16.9. The van der Waals surface area contributed by atoms with Crippen molar-refractivity contribution in [3.8, 4) is 11.5 Å². The molecule has 0 aliphatic carbocycles. The molecule has 0 radical (unpaired) electrons. The highest BCUT2D eigenvalue weighted by Crippen LogP contribution is 2.33. The third-order valence-electron chi connectivity index (χ3n) is 3.61. The Kier molecular flexibility index (Phi) is 10.5. The van der Waals surface area contributed by atoms with E-state index in [-0.39, 0.29) is 24.7 Å². The molecule has 0 aliphatic rings. The number of aliphatic hydroxyl groups excluding tert-OH is 1. The molecule has 6 nitrogen and oxygen atoms in total. The average Bonchev–Trinajstić information content (AvgIpc) is 2.57. The van der Waals surface area contributed by atoms with Crippen molar-refractivity contribution in [2.24, 2.45) is 0 Å². The van der Waals surface area contributed by atoms with E-state index in [2.05, 4.69) is 10.6 Å². The van der Waals surface area contributed by atoms with E-state index in [4.69, 9.17) is 26.2 Å². The first-order chi connectivity index (χ1) is 12.8. The summed E-state index contributed by atoms with van der Waals surface area (Å²) in [5, 5.41) is 15.5. The number of halogens is 1. The van der Waals surface area contributed by atoms with Crippen molar-refractivity contribution in [1.82, 2.24) is 10.6 Å². The van der Waals surface area contributed by atoms with Gasteiger partial charge in [0.1, 0.15) is 0 Å². The Morgan fingerprint density at radius 3 is 2.48 bits per heavy atom. The van der Waals surface area contributed by atoms with Crippen LogP contribution in [0, 0.1) is 0 Å². The summed E-state index contributed by atoms with van der Waals surface area (Å²) in [5.74, 6) is 0.829. The fraction of sp³-hybridized carbons (Fsp3) is 0.650. The summed E-state index contributed by atoms with van der Waals surface area (Å²) >= 11 is 6.38. The second kappa shape index (κ2) is 12.1. The molecule has 1 rings (SSSR count). The van der Waals surface area contributed by atoms with Crippen LogP contribution in [-0.2, 0) is 11.3 Å². The van der Waals surface area contributed by atoms with E-state index >= 15 is 0 Å². The molecule has 154 valence electrons. The molecule has 1 aromatic carbocycles. The van der Waals surface area contributed by atoms with Gasteiger partial charge in [-0.2, -0.15) is 0 Å². The van der Waals surface area contributed by atoms with Crippen molar-refractivity contribution in [2.75, 3.05) is 26.4 Å². The van der Waals surface area contributed by atoms with Crippen LogP contribution in [0.1, 0.15) is 52.5 Å². The van der Waals surface area contributed by atoms with Gasteiger partial charge >= 0.3 is 0 Å². The molecule has 0 spiro atoms. The van der Waals surface area contributed by atoms with Crippen molar-refractivity contribution >= 4 is 17.5 Å². The van der Waals surface area contributed by atoms with Gasteiger partial charge in [0.2, 0.25) is 0 Å². The predicted octanol–water partition coefficient (Wildman–Crippen LogP) is 3.28. The number of rotatable bonds is 12. The number of hydrogen-bond donors (Lipinski definition) is 3. The van der Waals surface area contributed by atoms with E-state index < -0.39 is 0 Å². The minimum Gasteiger partial charge on any atom is -0.490 e. The van der Waals surface area contributed by atoms with Crippen molar-refractivity contribution in [2.45, 2.75) is 59.0 Å². The number of hydrogen-bond acceptors (Lipinski definition) is 5. The van der Waals surface area contributed by atoms with Crippen molar-refractivity contribution in [3.05, 3.63) is 22.7 Å². The van der Waals surface area contributed by atoms with Crippen LogP contribution < -0.4 is 20.1 Å². The molecule has 0 fully saturated rings. The zero-order chi connectivity index (χ0) is 20.3. The third kappa shape index (κ3) is 9.84. The molecule has 27 heavy (non-hydrogen) atoms. The van der Waals surface area contributed by atoms with Gasteiger partial charge in [-0.1, -0.05) is 11.6 Å². The van der Waals surface area contributed by atoms with Crippen molar-refractivity contribution < 1.29 is 19.4 Å². The Morgan fingerprint density at radius 2 is 1.85 bits per heavy atom. The van der Waals surface area contributed by atoms with E-state index in [1.165, 1.54) is 0 Å². The number of carbonyl (C=O) groups excluding carboxylic acids is 1. The summed E-state index contributed by atoms with van der Waals surface area (Å²) in [7, 11) is 0. The molecule has 0 aromatic heterocycles. The van der Waals surface area contributed by atoms with E-state index in [0.29, 0.717) is 29.7 Å². The Bertz CT molecular complexity index is 588. The topological polar surface area (TPSA) is 79.8 Å². The Morgan fingerprint density at radius 1 is 1.15 bits per heavy atom. The monoisotopic (exact) mass is 400 g/mol. The second-order valence-electron chi connectivity index (χ2n) is 7.37. The summed E-state index contributed by atoms with van der Waals surface area (Å²) in [5.41, 5.74) is 0.599. The smallest absolute Gasteiger partial charge is 0.258 e. The highest BCUT2D eigenvalue weighted by molar-refractivity contribution is 6.31. The Hall–Kier alpha value is -1.50. The minimum atomic E-state index is -0.312. The summed E-state index contributed by atoms with van der Waals surface area (Å²) in [4.78, 5) is 12.0. The molecule has 0 unspecified atom stereocenters. The first-order valence-corrected chi connectivity index (χ1v) is 9.85. The zero-order valence-corrected chi connectivity index (χ0v) is 17.6. The van der Waals surface area contributed by atoms with Crippen LogP contribution in [0.15, 0.2) is 12.1 Å². The van der Waals surface area contributed by atoms with Gasteiger partial charge < -0.3 is 25.2 Å². The third-order valence-corrected chi connectivity index (χ3v) is 3.96. The van der Waals surface area contributed by atoms with Crippen LogP contribution in [0.5, 0.6) is 11.5 Å². The Labute approximate surface area is 167 Å². The SMILES string of the molecule is CCOc1cc(CNCCCCCO)c(Cl)cc1OCC(=O)NC(C)(C)C. The van der Waals surface area contributed by atoms with E-state index in [1.54, 1.807) is 6.07 Å². The maximum atomic E-state index is 12.0. The van der Waals surface area contributed by atoms with E-state index in [9.17, 15) is 4.79 Å². The summed E-state index contributed by atoms with van der Waals surface area (Å²) in [6, 6.07) is 3.54. The number of ether oxygens (including phenoxy) is 2. The lowest BCUT2D eigenvalue weighted by atomic mass is 10.1. The fourth-order valence-corrected chi connectivity index (χ4v) is 2.67. The largest absolute Gasteiger partial charge is 0.490 e. The molecule has 0 aliphatic heterocycles. The molecule has 7 heteroatoms. The van der Waals surface area contributed by atoms with Gasteiger partial charge in [-0.15, -0.1) is 0 Å². The number of nitrogens with one attached hydrogen (secondary N) is 2. The Balaban J connectivity index is 2.68. The van der Waals surface area contributed by atoms with Crippen molar-refractivity contribution in [1.29, 1.82) is 0 Å². The lowest BCUT2D eigenvalue weighted by Gasteiger charge is -2.21. The maximum absolute atomic E-state index is 12.0. The predicted molar refractivity (Wildman–Crippen MR) is 109 cm³/mol. The van der Waals surface area contributed by atoms with Gasteiger partial charge in [0, 0.05) is 29.8 Å². The van der Waals surface area contributed by atoms with Crippen LogP contribution in [0.2, 0.25) is 5.02 Å². The first kappa shape index (κ1) is 23.5. The summed E-state index contributed by atoms with van der Waals surface area (Å²) < 4.78 is 11.3. The molecule has 1 aromatic rings. The van der Waals surface area contributed by atoms with Crippen LogP contribution >= 0.6 is 11.6 Å². The second-order valence-corrected chi connectivity index (χ2v) is 7.78. The number of carbonyl (C=O) groups is 1. The van der Waals surface area contributed by atoms with Crippen LogP contribution in [-0.4, -0.2) is 42.9 Å². The molecule has 1 amide bonds. The standard InChI is InChI=1S/C20H33ClN2O4/c1-5-26-17-11-15(13-22-9-7-6-8-10-24)16(21)12-18(17)27-14-19(25)23-20(2,3)4/h11-12,22,24H,5-10,13-14H2,1-4H3,(H,23,25). The highest BCUT2D eigenvalue weighted by atomic mass is 35.5. The van der Waals surface area contributed by atoms with Gasteiger partial charge in [-0.25, -0.2) is 0 Å². The van der Waals surface area contributed by atoms with Crippen LogP contribution in [0.25, 0.3) is 0 Å². The minimum absolute atomic E-state index is 0.101. The van der Waals surface area contributed by atoms with Gasteiger partial charge in [0.15, 0.2) is 18.1 Å². The number of unbranched alkanes of at least 4 members (excludes halogenated alkanes) is 2. The summed E-state index contributed by atoms with van der Waals surface area (Å²) in [6.45, 7) is 9.73. The van der Waals surface area contributed by atoms with Crippen LogP contribution in [0.4, 0.5) is 0 Å². The number of amides is 1. The normalized spacial score (nSPS) is 11.3. The average molecular weight is 401 g/mol. The highest BCUT2D eigenvalue weighted by Gasteiger charge is 2.16. The van der Waals surface area contributed by atoms with Crippen LogP contribution in [0.3, 0.4) is 0 Å².